The summed E-state index contributed by atoms with van der Waals surface area (Å²) in [5.74, 6) is -0.873. The zero-order chi connectivity index (χ0) is 27.5. The van der Waals surface area contributed by atoms with Crippen LogP contribution < -0.4 is 10.2 Å². The van der Waals surface area contributed by atoms with E-state index in [-0.39, 0.29) is 47.3 Å². The average Bonchev–Trinajstić information content (AvgIpc) is 3.40. The van der Waals surface area contributed by atoms with Gasteiger partial charge in [0.2, 0.25) is 0 Å². The van der Waals surface area contributed by atoms with Gasteiger partial charge in [-0.2, -0.15) is 13.2 Å². The molecule has 0 bridgehead atoms. The highest BCUT2D eigenvalue weighted by atomic mass is 19.4. The van der Waals surface area contributed by atoms with Crippen LogP contribution in [0.5, 0.6) is 0 Å². The standard InChI is InChI=1S/C28H29F4N5O2/c1-27(4-3-5-27)33-11-16-6-21-22(23(7-16)28(30,31)32)12-37(26(21)38)20-9-17(8-19(29)10-20)24(18-13-39-14-18)25-35-34-15-36(25)2/h6-10,15,18,24,33H,3-5,11-14H2,1-2H3. The number of aryl methyl sites for hydroxylation is 1. The van der Waals surface area contributed by atoms with E-state index in [2.05, 4.69) is 15.5 Å². The molecule has 3 aliphatic rings. The molecule has 1 atom stereocenters. The highest BCUT2D eigenvalue weighted by Gasteiger charge is 2.41. The lowest BCUT2D eigenvalue weighted by atomic mass is 9.78. The van der Waals surface area contributed by atoms with Crippen molar-refractivity contribution < 1.29 is 27.1 Å². The maximum atomic E-state index is 15.0. The van der Waals surface area contributed by atoms with Crippen molar-refractivity contribution >= 4 is 11.6 Å². The topological polar surface area (TPSA) is 72.3 Å². The summed E-state index contributed by atoms with van der Waals surface area (Å²) in [5, 5.41) is 11.5. The number of fused-ring (bicyclic) bond motifs is 1. The number of hydrogen-bond donors (Lipinski definition) is 1. The lowest BCUT2D eigenvalue weighted by molar-refractivity contribution is -0.138. The first-order chi connectivity index (χ1) is 18.5. The van der Waals surface area contributed by atoms with Crippen LogP contribution in [0.3, 0.4) is 0 Å². The number of carbonyl (C=O) groups excluding carboxylic acids is 1. The van der Waals surface area contributed by atoms with Gasteiger partial charge in [-0.3, -0.25) is 4.79 Å². The third kappa shape index (κ3) is 4.71. The number of halogens is 4. The summed E-state index contributed by atoms with van der Waals surface area (Å²) in [6, 6.07) is 6.89. The molecular formula is C28H29F4N5O2. The Kier molecular flexibility index (Phi) is 6.26. The highest BCUT2D eigenvalue weighted by Crippen LogP contribution is 2.42. The zero-order valence-corrected chi connectivity index (χ0v) is 21.7. The Labute approximate surface area is 223 Å². The van der Waals surface area contributed by atoms with Gasteiger partial charge in [-0.15, -0.1) is 10.2 Å². The number of carbonyl (C=O) groups is 1. The fourth-order valence-electron chi connectivity index (χ4n) is 5.81. The van der Waals surface area contributed by atoms with Crippen LogP contribution in [0, 0.1) is 11.7 Å². The quantitative estimate of drug-likeness (QED) is 0.428. The van der Waals surface area contributed by atoms with E-state index in [1.165, 1.54) is 23.1 Å². The molecule has 2 fully saturated rings. The van der Waals surface area contributed by atoms with Crippen LogP contribution in [0.25, 0.3) is 0 Å². The molecule has 2 aliphatic heterocycles. The molecule has 3 aromatic rings. The second kappa shape index (κ2) is 9.41. The largest absolute Gasteiger partial charge is 0.416 e. The molecule has 6 rings (SSSR count). The van der Waals surface area contributed by atoms with Gasteiger partial charge in [-0.05, 0) is 73.2 Å². The Morgan fingerprint density at radius 3 is 2.54 bits per heavy atom. The molecule has 1 saturated heterocycles. The first-order valence-electron chi connectivity index (χ1n) is 13.0. The van der Waals surface area contributed by atoms with E-state index in [1.807, 2.05) is 6.92 Å². The van der Waals surface area contributed by atoms with Gasteiger partial charge >= 0.3 is 6.18 Å². The summed E-state index contributed by atoms with van der Waals surface area (Å²) in [6.45, 7) is 2.91. The van der Waals surface area contributed by atoms with Gasteiger partial charge < -0.3 is 19.5 Å². The van der Waals surface area contributed by atoms with Crippen LogP contribution in [0.1, 0.15) is 70.5 Å². The minimum Gasteiger partial charge on any atom is -0.381 e. The second-order valence-corrected chi connectivity index (χ2v) is 11.1. The van der Waals surface area contributed by atoms with Gasteiger partial charge in [-0.25, -0.2) is 4.39 Å². The van der Waals surface area contributed by atoms with E-state index in [9.17, 15) is 18.0 Å². The van der Waals surface area contributed by atoms with Crippen LogP contribution in [-0.4, -0.2) is 39.4 Å². The lowest BCUT2D eigenvalue weighted by Crippen LogP contribution is -2.47. The molecule has 1 saturated carbocycles. The van der Waals surface area contributed by atoms with Crippen LogP contribution in [0.15, 0.2) is 36.7 Å². The monoisotopic (exact) mass is 543 g/mol. The minimum absolute atomic E-state index is 0.00319. The molecule has 3 heterocycles. The van der Waals surface area contributed by atoms with Crippen molar-refractivity contribution in [1.29, 1.82) is 0 Å². The number of benzene rings is 2. The summed E-state index contributed by atoms with van der Waals surface area (Å²) < 4.78 is 64.6. The zero-order valence-electron chi connectivity index (χ0n) is 21.7. The fraction of sp³-hybridized carbons (Fsp3) is 0.464. The predicted octanol–water partition coefficient (Wildman–Crippen LogP) is 4.94. The molecule has 2 aromatic carbocycles. The average molecular weight is 544 g/mol. The summed E-state index contributed by atoms with van der Waals surface area (Å²) in [5.41, 5.74) is 0.151. The van der Waals surface area contributed by atoms with Crippen molar-refractivity contribution in [3.63, 3.8) is 0 Å². The van der Waals surface area contributed by atoms with E-state index >= 15 is 4.39 Å². The summed E-state index contributed by atoms with van der Waals surface area (Å²) in [4.78, 5) is 14.8. The van der Waals surface area contributed by atoms with E-state index in [0.29, 0.717) is 30.2 Å². The fourth-order valence-corrected chi connectivity index (χ4v) is 5.81. The Bertz CT molecular complexity index is 1430. The van der Waals surface area contributed by atoms with Gasteiger partial charge in [0.1, 0.15) is 18.0 Å². The van der Waals surface area contributed by atoms with Crippen molar-refractivity contribution in [3.05, 3.63) is 76.1 Å². The molecule has 1 unspecified atom stereocenters. The van der Waals surface area contributed by atoms with Crippen molar-refractivity contribution in [2.75, 3.05) is 18.1 Å². The highest BCUT2D eigenvalue weighted by molar-refractivity contribution is 6.10. The number of ether oxygens (including phenoxy) is 1. The maximum absolute atomic E-state index is 15.0. The molecule has 206 valence electrons. The molecule has 0 radical (unpaired) electrons. The molecule has 1 N–H and O–H groups in total. The van der Waals surface area contributed by atoms with Gasteiger partial charge in [0.15, 0.2) is 0 Å². The molecule has 39 heavy (non-hydrogen) atoms. The summed E-state index contributed by atoms with van der Waals surface area (Å²) in [6.07, 6.45) is -0.0820. The molecule has 0 spiro atoms. The van der Waals surface area contributed by atoms with Crippen molar-refractivity contribution in [3.8, 4) is 0 Å². The van der Waals surface area contributed by atoms with E-state index < -0.39 is 23.5 Å². The molecule has 1 aliphatic carbocycles. The molecular weight excluding hydrogens is 514 g/mol. The second-order valence-electron chi connectivity index (χ2n) is 11.1. The van der Waals surface area contributed by atoms with Gasteiger partial charge in [0, 0.05) is 36.3 Å². The van der Waals surface area contributed by atoms with E-state index in [4.69, 9.17) is 4.74 Å². The number of nitrogens with zero attached hydrogens (tertiary/aromatic N) is 4. The van der Waals surface area contributed by atoms with Gasteiger partial charge in [0.05, 0.1) is 31.2 Å². The number of alkyl halides is 3. The molecule has 1 amide bonds. The number of nitrogens with one attached hydrogen (secondary N) is 1. The number of hydrogen-bond acceptors (Lipinski definition) is 5. The number of aromatic nitrogens is 3. The van der Waals surface area contributed by atoms with Gasteiger partial charge in [0.25, 0.3) is 5.91 Å². The third-order valence-corrected chi connectivity index (χ3v) is 8.32. The normalized spacial score (nSPS) is 19.5. The van der Waals surface area contributed by atoms with Crippen LogP contribution in [0.2, 0.25) is 0 Å². The predicted molar refractivity (Wildman–Crippen MR) is 135 cm³/mol. The molecule has 7 nitrogen and oxygen atoms in total. The lowest BCUT2D eigenvalue weighted by Gasteiger charge is -2.39. The first-order valence-corrected chi connectivity index (χ1v) is 13.0. The number of amides is 1. The smallest absolute Gasteiger partial charge is 0.381 e. The molecule has 11 heteroatoms. The van der Waals surface area contributed by atoms with Crippen LogP contribution in [-0.2, 0) is 31.1 Å². The van der Waals surface area contributed by atoms with E-state index in [0.717, 1.165) is 25.3 Å². The maximum Gasteiger partial charge on any atom is 0.416 e. The first kappa shape index (κ1) is 25.9. The third-order valence-electron chi connectivity index (χ3n) is 8.32. The molecule has 1 aromatic heterocycles. The Hall–Kier alpha value is -3.31. The SMILES string of the molecule is Cn1cnnc1C(c1cc(F)cc(N2Cc3c(cc(CNC4(C)CCC4)cc3C(F)(F)F)C2=O)c1)C1COC1. The van der Waals surface area contributed by atoms with Gasteiger partial charge in [-0.1, -0.05) is 0 Å². The van der Waals surface area contributed by atoms with E-state index in [1.54, 1.807) is 24.0 Å². The van der Waals surface area contributed by atoms with Crippen molar-refractivity contribution in [2.24, 2.45) is 13.0 Å². The van der Waals surface area contributed by atoms with Crippen LogP contribution in [0.4, 0.5) is 23.2 Å². The summed E-state index contributed by atoms with van der Waals surface area (Å²) in [7, 11) is 1.79. The minimum atomic E-state index is -4.63. The number of rotatable bonds is 7. The number of anilines is 1. The summed E-state index contributed by atoms with van der Waals surface area (Å²) >= 11 is 0. The van der Waals surface area contributed by atoms with Crippen molar-refractivity contribution in [2.45, 2.75) is 56.9 Å². The Morgan fingerprint density at radius 1 is 1.18 bits per heavy atom. The van der Waals surface area contributed by atoms with Crippen LogP contribution >= 0.6 is 0 Å². The Balaban J connectivity index is 1.36. The van der Waals surface area contributed by atoms with Crippen molar-refractivity contribution in [1.82, 2.24) is 20.1 Å². The Morgan fingerprint density at radius 2 is 1.95 bits per heavy atom.